The van der Waals surface area contributed by atoms with Crippen LogP contribution in [0.25, 0.3) is 0 Å². The fourth-order valence-electron chi connectivity index (χ4n) is 2.52. The Hall–Kier alpha value is -2.63. The van der Waals surface area contributed by atoms with Gasteiger partial charge in [-0.15, -0.1) is 0 Å². The zero-order valence-electron chi connectivity index (χ0n) is 15.8. The molecule has 1 fully saturated rings. The third kappa shape index (κ3) is 5.25. The molecule has 1 aliphatic carbocycles. The lowest BCUT2D eigenvalue weighted by Crippen LogP contribution is -2.25. The minimum absolute atomic E-state index is 0.0105. The highest BCUT2D eigenvalue weighted by Crippen LogP contribution is 2.30. The van der Waals surface area contributed by atoms with E-state index in [1.807, 2.05) is 0 Å². The first kappa shape index (κ1) is 21.1. The van der Waals surface area contributed by atoms with Crippen molar-refractivity contribution in [3.8, 4) is 5.75 Å². The van der Waals surface area contributed by atoms with Crippen LogP contribution in [-0.4, -0.2) is 35.9 Å². The number of amides is 1. The van der Waals surface area contributed by atoms with Gasteiger partial charge in [0.25, 0.3) is 10.0 Å². The van der Waals surface area contributed by atoms with E-state index in [-0.39, 0.29) is 33.1 Å². The molecule has 0 radical (unpaired) electrons. The molecule has 0 atom stereocenters. The van der Waals surface area contributed by atoms with Gasteiger partial charge in [0.2, 0.25) is 15.9 Å². The fraction of sp³-hybridized carbons (Fsp3) is 0.278. The average Bonchev–Trinajstić information content (AvgIpc) is 3.46. The lowest BCUT2D eigenvalue weighted by molar-refractivity contribution is -0.114. The molecule has 0 aromatic heterocycles. The van der Waals surface area contributed by atoms with E-state index in [9.17, 15) is 21.6 Å². The Morgan fingerprint density at radius 2 is 1.52 bits per heavy atom. The highest BCUT2D eigenvalue weighted by Gasteiger charge is 2.28. The summed E-state index contributed by atoms with van der Waals surface area (Å²) in [6.45, 7) is 1.30. The van der Waals surface area contributed by atoms with Crippen LogP contribution in [0.2, 0.25) is 0 Å². The summed E-state index contributed by atoms with van der Waals surface area (Å²) in [6, 6.07) is 9.36. The third-order valence-corrected chi connectivity index (χ3v) is 7.04. The van der Waals surface area contributed by atoms with Crippen LogP contribution >= 0.6 is 0 Å². The number of ether oxygens (including phenoxy) is 1. The first-order valence-electron chi connectivity index (χ1n) is 8.71. The normalized spacial score (nSPS) is 14.3. The molecular formula is C18H21N3O6S2. The van der Waals surface area contributed by atoms with Gasteiger partial charge in [-0.2, -0.15) is 0 Å². The van der Waals surface area contributed by atoms with Crippen molar-refractivity contribution >= 4 is 37.3 Å². The summed E-state index contributed by atoms with van der Waals surface area (Å²) < 4.78 is 60.0. The Balaban J connectivity index is 1.87. The first-order chi connectivity index (χ1) is 13.6. The predicted octanol–water partition coefficient (Wildman–Crippen LogP) is 1.90. The lowest BCUT2D eigenvalue weighted by Gasteiger charge is -2.14. The maximum atomic E-state index is 12.8. The van der Waals surface area contributed by atoms with E-state index in [4.69, 9.17) is 4.74 Å². The molecule has 0 aliphatic heterocycles. The Morgan fingerprint density at radius 3 is 2.03 bits per heavy atom. The molecule has 2 aromatic carbocycles. The van der Waals surface area contributed by atoms with Crippen LogP contribution in [0.4, 0.5) is 11.4 Å². The molecule has 9 nitrogen and oxygen atoms in total. The molecule has 1 amide bonds. The monoisotopic (exact) mass is 439 g/mol. The van der Waals surface area contributed by atoms with Gasteiger partial charge in [-0.25, -0.2) is 21.6 Å². The number of benzene rings is 2. The Bertz CT molecular complexity index is 1120. The number of rotatable bonds is 8. The van der Waals surface area contributed by atoms with Crippen LogP contribution in [0, 0.1) is 0 Å². The zero-order chi connectivity index (χ0) is 21.2. The zero-order valence-corrected chi connectivity index (χ0v) is 17.4. The number of hydrogen-bond acceptors (Lipinski definition) is 6. The van der Waals surface area contributed by atoms with Crippen molar-refractivity contribution in [2.45, 2.75) is 35.6 Å². The van der Waals surface area contributed by atoms with Crippen molar-refractivity contribution in [3.05, 3.63) is 42.5 Å². The second-order valence-corrected chi connectivity index (χ2v) is 9.96. The summed E-state index contributed by atoms with van der Waals surface area (Å²) in [4.78, 5) is 11.2. The highest BCUT2D eigenvalue weighted by molar-refractivity contribution is 7.92. The maximum absolute atomic E-state index is 12.8. The smallest absolute Gasteiger partial charge is 0.261 e. The number of anilines is 2. The lowest BCUT2D eigenvalue weighted by atomic mass is 10.2. The molecule has 0 spiro atoms. The van der Waals surface area contributed by atoms with Gasteiger partial charge in [0.05, 0.1) is 28.3 Å². The summed E-state index contributed by atoms with van der Waals surface area (Å²) in [5.74, 6) is 0.0257. The van der Waals surface area contributed by atoms with Gasteiger partial charge in [0, 0.05) is 19.0 Å². The quantitative estimate of drug-likeness (QED) is 0.576. The van der Waals surface area contributed by atoms with E-state index >= 15 is 0 Å². The molecule has 1 saturated carbocycles. The second-order valence-electron chi connectivity index (χ2n) is 6.57. The van der Waals surface area contributed by atoms with E-state index in [2.05, 4.69) is 14.8 Å². The predicted molar refractivity (Wildman–Crippen MR) is 108 cm³/mol. The topological polar surface area (TPSA) is 131 Å². The van der Waals surface area contributed by atoms with Gasteiger partial charge in [0.15, 0.2) is 0 Å². The number of hydrogen-bond donors (Lipinski definition) is 3. The van der Waals surface area contributed by atoms with Gasteiger partial charge in [0.1, 0.15) is 5.75 Å². The summed E-state index contributed by atoms with van der Waals surface area (Å²) in [5, 5.41) is 2.54. The molecule has 2 aromatic rings. The minimum atomic E-state index is -4.04. The Labute approximate surface area is 169 Å². The largest absolute Gasteiger partial charge is 0.497 e. The van der Waals surface area contributed by atoms with E-state index < -0.39 is 20.0 Å². The molecule has 1 aliphatic rings. The number of carbonyl (C=O) groups is 1. The maximum Gasteiger partial charge on any atom is 0.261 e. The van der Waals surface area contributed by atoms with Gasteiger partial charge >= 0.3 is 0 Å². The summed E-state index contributed by atoms with van der Waals surface area (Å²) in [6.07, 6.45) is 1.60. The summed E-state index contributed by atoms with van der Waals surface area (Å²) in [5.41, 5.74) is 0.376. The van der Waals surface area contributed by atoms with Crippen LogP contribution in [-0.2, 0) is 24.8 Å². The molecule has 156 valence electrons. The highest BCUT2D eigenvalue weighted by atomic mass is 32.2. The van der Waals surface area contributed by atoms with Crippen molar-refractivity contribution in [1.29, 1.82) is 0 Å². The summed E-state index contributed by atoms with van der Waals surface area (Å²) >= 11 is 0. The fourth-order valence-corrected chi connectivity index (χ4v) is 4.90. The second kappa shape index (κ2) is 8.01. The molecular weight excluding hydrogens is 418 g/mol. The number of methoxy groups -OCH3 is 1. The SMILES string of the molecule is COc1ccc(NC(C)=O)c(NS(=O)(=O)c2ccc(S(=O)(=O)NC3CC3)cc2)c1. The van der Waals surface area contributed by atoms with Gasteiger partial charge in [-0.1, -0.05) is 0 Å². The molecule has 3 rings (SSSR count). The molecule has 0 unspecified atom stereocenters. The first-order valence-corrected chi connectivity index (χ1v) is 11.7. The van der Waals surface area contributed by atoms with Crippen LogP contribution in [0.15, 0.2) is 52.3 Å². The molecule has 11 heteroatoms. The van der Waals surface area contributed by atoms with Crippen LogP contribution < -0.4 is 19.5 Å². The third-order valence-electron chi connectivity index (χ3n) is 4.13. The standard InChI is InChI=1S/C18H21N3O6S2/c1-12(22)19-17-10-5-14(27-2)11-18(17)21-29(25,26)16-8-6-15(7-9-16)28(23,24)20-13-3-4-13/h5-11,13,20-21H,3-4H2,1-2H3,(H,19,22). The Morgan fingerprint density at radius 1 is 0.931 bits per heavy atom. The van der Waals surface area contributed by atoms with Gasteiger partial charge in [-0.05, 0) is 49.2 Å². The van der Waals surface area contributed by atoms with Crippen molar-refractivity contribution in [3.63, 3.8) is 0 Å². The molecule has 29 heavy (non-hydrogen) atoms. The van der Waals surface area contributed by atoms with Crippen molar-refractivity contribution in [2.75, 3.05) is 17.1 Å². The molecule has 0 saturated heterocycles. The van der Waals surface area contributed by atoms with Crippen LogP contribution in [0.1, 0.15) is 19.8 Å². The number of nitrogens with one attached hydrogen (secondary N) is 3. The van der Waals surface area contributed by atoms with E-state index in [1.54, 1.807) is 6.07 Å². The molecule has 0 bridgehead atoms. The molecule has 3 N–H and O–H groups in total. The van der Waals surface area contributed by atoms with Crippen molar-refractivity contribution in [1.82, 2.24) is 4.72 Å². The van der Waals surface area contributed by atoms with Crippen LogP contribution in [0.3, 0.4) is 0 Å². The van der Waals surface area contributed by atoms with Crippen LogP contribution in [0.5, 0.6) is 5.75 Å². The van der Waals surface area contributed by atoms with Crippen molar-refractivity contribution in [2.24, 2.45) is 0 Å². The Kier molecular flexibility index (Phi) is 5.82. The number of carbonyl (C=O) groups excluding carboxylic acids is 1. The summed E-state index contributed by atoms with van der Waals surface area (Å²) in [7, 11) is -6.29. The van der Waals surface area contributed by atoms with E-state index in [1.165, 1.54) is 50.4 Å². The number of sulfonamides is 2. The minimum Gasteiger partial charge on any atom is -0.497 e. The van der Waals surface area contributed by atoms with E-state index in [0.29, 0.717) is 5.75 Å². The van der Waals surface area contributed by atoms with E-state index in [0.717, 1.165) is 12.8 Å². The van der Waals surface area contributed by atoms with Crippen molar-refractivity contribution < 1.29 is 26.4 Å². The van der Waals surface area contributed by atoms with Gasteiger partial charge < -0.3 is 10.1 Å². The average molecular weight is 440 g/mol. The van der Waals surface area contributed by atoms with Gasteiger partial charge in [-0.3, -0.25) is 9.52 Å². The molecule has 0 heterocycles.